The molecule has 1 amide bonds. The van der Waals surface area contributed by atoms with Gasteiger partial charge in [-0.2, -0.15) is 4.98 Å². The maximum atomic E-state index is 12.3. The fraction of sp³-hybridized carbons (Fsp3) is 0.292. The number of carbonyl (C=O) groups is 1. The molecule has 0 fully saturated rings. The molecule has 0 aliphatic heterocycles. The summed E-state index contributed by atoms with van der Waals surface area (Å²) in [7, 11) is 0. The average molecular weight is 434 g/mol. The standard InChI is InChI=1S/C24H26N4O4/c1-5-13-30-20-10-9-15(14-19(20)26-23(29)31-24(2,3)4)22-27-21(28-32-22)17-7-6-8-18-16(17)11-12-25-18/h6-12,14,25H,5,13H2,1-4H3,(H,26,29). The molecule has 2 aromatic carbocycles. The van der Waals surface area contributed by atoms with Crippen molar-refractivity contribution in [1.82, 2.24) is 15.1 Å². The molecule has 0 saturated heterocycles. The van der Waals surface area contributed by atoms with Crippen LogP contribution in [-0.2, 0) is 4.74 Å². The van der Waals surface area contributed by atoms with Gasteiger partial charge in [0.15, 0.2) is 0 Å². The van der Waals surface area contributed by atoms with Crippen LogP contribution in [0.25, 0.3) is 33.7 Å². The third-order valence-corrected chi connectivity index (χ3v) is 4.59. The summed E-state index contributed by atoms with van der Waals surface area (Å²) in [5.74, 6) is 1.36. The van der Waals surface area contributed by atoms with Crippen molar-refractivity contribution >= 4 is 22.7 Å². The van der Waals surface area contributed by atoms with Crippen LogP contribution in [0, 0.1) is 0 Å². The molecular weight excluding hydrogens is 408 g/mol. The minimum atomic E-state index is -0.618. The third-order valence-electron chi connectivity index (χ3n) is 4.59. The molecule has 0 saturated carbocycles. The smallest absolute Gasteiger partial charge is 0.412 e. The van der Waals surface area contributed by atoms with Gasteiger partial charge in [-0.3, -0.25) is 5.32 Å². The van der Waals surface area contributed by atoms with Crippen LogP contribution in [-0.4, -0.2) is 33.4 Å². The Bertz CT molecular complexity index is 1240. The van der Waals surface area contributed by atoms with Crippen LogP contribution in [0.1, 0.15) is 34.1 Å². The summed E-state index contributed by atoms with van der Waals surface area (Å²) in [6.07, 6.45) is 2.14. The van der Waals surface area contributed by atoms with Gasteiger partial charge < -0.3 is 19.0 Å². The van der Waals surface area contributed by atoms with Crippen LogP contribution in [0.2, 0.25) is 0 Å². The van der Waals surface area contributed by atoms with Gasteiger partial charge in [-0.05, 0) is 57.5 Å². The van der Waals surface area contributed by atoms with Crippen molar-refractivity contribution in [2.45, 2.75) is 39.7 Å². The quantitative estimate of drug-likeness (QED) is 0.385. The number of nitrogens with one attached hydrogen (secondary N) is 2. The fourth-order valence-corrected chi connectivity index (χ4v) is 3.24. The highest BCUT2D eigenvalue weighted by atomic mass is 16.6. The first kappa shape index (κ1) is 21.4. The third kappa shape index (κ3) is 4.74. The zero-order valence-corrected chi connectivity index (χ0v) is 18.6. The molecule has 2 N–H and O–H groups in total. The first-order valence-corrected chi connectivity index (χ1v) is 10.5. The van der Waals surface area contributed by atoms with Crippen molar-refractivity contribution in [3.05, 3.63) is 48.7 Å². The molecule has 8 nitrogen and oxygen atoms in total. The van der Waals surface area contributed by atoms with Gasteiger partial charge in [0.1, 0.15) is 11.4 Å². The van der Waals surface area contributed by atoms with Gasteiger partial charge in [0.05, 0.1) is 12.3 Å². The van der Waals surface area contributed by atoms with E-state index in [1.807, 2.05) is 64.2 Å². The van der Waals surface area contributed by atoms with Crippen molar-refractivity contribution in [2.24, 2.45) is 0 Å². The number of H-pyrrole nitrogens is 1. The predicted molar refractivity (Wildman–Crippen MR) is 123 cm³/mol. The minimum absolute atomic E-state index is 0.335. The van der Waals surface area contributed by atoms with E-state index in [-0.39, 0.29) is 0 Å². The second-order valence-electron chi connectivity index (χ2n) is 8.35. The van der Waals surface area contributed by atoms with E-state index in [9.17, 15) is 4.79 Å². The van der Waals surface area contributed by atoms with E-state index in [0.717, 1.165) is 22.9 Å². The van der Waals surface area contributed by atoms with Crippen LogP contribution in [0.5, 0.6) is 5.75 Å². The van der Waals surface area contributed by atoms with Crippen molar-refractivity contribution in [3.63, 3.8) is 0 Å². The lowest BCUT2D eigenvalue weighted by molar-refractivity contribution is 0.0635. The van der Waals surface area contributed by atoms with E-state index in [2.05, 4.69) is 20.4 Å². The second kappa shape index (κ2) is 8.74. The van der Waals surface area contributed by atoms with Crippen LogP contribution in [0.4, 0.5) is 10.5 Å². The lowest BCUT2D eigenvalue weighted by Crippen LogP contribution is -2.27. The molecule has 0 unspecified atom stereocenters. The largest absolute Gasteiger partial charge is 0.491 e. The molecule has 4 aromatic rings. The molecule has 0 atom stereocenters. The number of rotatable bonds is 6. The fourth-order valence-electron chi connectivity index (χ4n) is 3.24. The first-order valence-electron chi connectivity index (χ1n) is 10.5. The number of fused-ring (bicyclic) bond motifs is 1. The van der Waals surface area contributed by atoms with Gasteiger partial charge in [0, 0.05) is 28.2 Å². The molecule has 2 heterocycles. The van der Waals surface area contributed by atoms with Crippen LogP contribution in [0.3, 0.4) is 0 Å². The summed E-state index contributed by atoms with van der Waals surface area (Å²) >= 11 is 0. The Morgan fingerprint density at radius 1 is 1.19 bits per heavy atom. The molecule has 2 aromatic heterocycles. The van der Waals surface area contributed by atoms with Crippen LogP contribution in [0.15, 0.2) is 53.2 Å². The number of benzene rings is 2. The number of anilines is 1. The van der Waals surface area contributed by atoms with E-state index < -0.39 is 11.7 Å². The number of aromatic nitrogens is 3. The number of hydrogen-bond donors (Lipinski definition) is 2. The number of ether oxygens (including phenoxy) is 2. The van der Waals surface area contributed by atoms with Crippen molar-refractivity contribution in [2.75, 3.05) is 11.9 Å². The summed E-state index contributed by atoms with van der Waals surface area (Å²) < 4.78 is 16.7. The molecule has 0 bridgehead atoms. The number of hydrogen-bond acceptors (Lipinski definition) is 6. The summed E-state index contributed by atoms with van der Waals surface area (Å²) in [6, 6.07) is 13.2. The van der Waals surface area contributed by atoms with Gasteiger partial charge in [0.2, 0.25) is 5.82 Å². The molecule has 32 heavy (non-hydrogen) atoms. The summed E-state index contributed by atoms with van der Waals surface area (Å²) in [4.78, 5) is 20.1. The monoisotopic (exact) mass is 434 g/mol. The lowest BCUT2D eigenvalue weighted by atomic mass is 10.1. The van der Waals surface area contributed by atoms with E-state index in [4.69, 9.17) is 14.0 Å². The predicted octanol–water partition coefficient (Wildman–Crippen LogP) is 6.02. The summed E-state index contributed by atoms with van der Waals surface area (Å²) in [5, 5.41) is 7.94. The molecule has 0 spiro atoms. The van der Waals surface area contributed by atoms with Crippen LogP contribution < -0.4 is 10.1 Å². The Balaban J connectivity index is 1.65. The van der Waals surface area contributed by atoms with Gasteiger partial charge >= 0.3 is 6.09 Å². The van der Waals surface area contributed by atoms with Crippen molar-refractivity contribution in [1.29, 1.82) is 0 Å². The maximum absolute atomic E-state index is 12.3. The number of aromatic amines is 1. The minimum Gasteiger partial charge on any atom is -0.491 e. The summed E-state index contributed by atoms with van der Waals surface area (Å²) in [6.45, 7) is 7.96. The van der Waals surface area contributed by atoms with Crippen molar-refractivity contribution < 1.29 is 18.8 Å². The average Bonchev–Trinajstić information content (AvgIpc) is 3.41. The molecular formula is C24H26N4O4. The van der Waals surface area contributed by atoms with Gasteiger partial charge in [-0.15, -0.1) is 0 Å². The molecule has 8 heteroatoms. The molecule has 0 aliphatic rings. The number of carbonyl (C=O) groups excluding carboxylic acids is 1. The lowest BCUT2D eigenvalue weighted by Gasteiger charge is -2.20. The SMILES string of the molecule is CCCOc1ccc(-c2nc(-c3cccc4[nH]ccc34)no2)cc1NC(=O)OC(C)(C)C. The Morgan fingerprint density at radius 3 is 2.81 bits per heavy atom. The van der Waals surface area contributed by atoms with E-state index in [0.29, 0.717) is 35.3 Å². The number of nitrogens with zero attached hydrogens (tertiary/aromatic N) is 2. The summed E-state index contributed by atoms with van der Waals surface area (Å²) in [5.41, 5.74) is 2.37. The first-order chi connectivity index (χ1) is 15.3. The van der Waals surface area contributed by atoms with Gasteiger partial charge in [-0.25, -0.2) is 4.79 Å². The van der Waals surface area contributed by atoms with E-state index in [1.165, 1.54) is 0 Å². The van der Waals surface area contributed by atoms with Gasteiger partial charge in [0.25, 0.3) is 5.89 Å². The highest BCUT2D eigenvalue weighted by Crippen LogP contribution is 2.33. The molecule has 0 aliphatic carbocycles. The normalized spacial score (nSPS) is 11.5. The Labute approximate surface area is 185 Å². The second-order valence-corrected chi connectivity index (χ2v) is 8.35. The zero-order chi connectivity index (χ0) is 22.7. The van der Waals surface area contributed by atoms with Gasteiger partial charge in [-0.1, -0.05) is 24.2 Å². The van der Waals surface area contributed by atoms with E-state index in [1.54, 1.807) is 12.1 Å². The molecule has 0 radical (unpaired) electrons. The highest BCUT2D eigenvalue weighted by molar-refractivity contribution is 5.93. The Kier molecular flexibility index (Phi) is 5.85. The highest BCUT2D eigenvalue weighted by Gasteiger charge is 2.19. The topological polar surface area (TPSA) is 102 Å². The zero-order valence-electron chi connectivity index (χ0n) is 18.6. The number of amides is 1. The maximum Gasteiger partial charge on any atom is 0.412 e. The Morgan fingerprint density at radius 2 is 2.03 bits per heavy atom. The van der Waals surface area contributed by atoms with Crippen molar-refractivity contribution in [3.8, 4) is 28.6 Å². The molecule has 166 valence electrons. The Hall–Kier alpha value is -3.81. The molecule has 4 rings (SSSR count). The van der Waals surface area contributed by atoms with E-state index >= 15 is 0 Å². The van der Waals surface area contributed by atoms with Crippen LogP contribution >= 0.6 is 0 Å².